The second-order valence-corrected chi connectivity index (χ2v) is 5.32. The number of allylic oxidation sites excluding steroid dienone is 4. The molecule has 0 saturated heterocycles. The third-order valence-electron chi connectivity index (χ3n) is 3.17. The second kappa shape index (κ2) is 4.21. The van der Waals surface area contributed by atoms with E-state index in [1.807, 2.05) is 6.92 Å². The summed E-state index contributed by atoms with van der Waals surface area (Å²) in [4.78, 5) is 10.3. The molecule has 3 rings (SSSR count). The van der Waals surface area contributed by atoms with Crippen LogP contribution in [-0.2, 0) is 0 Å². The molecule has 4 heteroatoms. The van der Waals surface area contributed by atoms with E-state index in [9.17, 15) is 0 Å². The third kappa shape index (κ3) is 1.64. The smallest absolute Gasteiger partial charge is 0.179 e. The summed E-state index contributed by atoms with van der Waals surface area (Å²) < 4.78 is 5.37. The molecule has 0 N–H and O–H groups in total. The fraction of sp³-hybridized carbons (Fsp3) is 0.286. The minimum Gasteiger partial charge on any atom is -0.487 e. The number of methoxy groups -OCH3 is 1. The quantitative estimate of drug-likeness (QED) is 0.824. The van der Waals surface area contributed by atoms with Gasteiger partial charge in [-0.3, -0.25) is 0 Å². The summed E-state index contributed by atoms with van der Waals surface area (Å²) in [7, 11) is 1.70. The Labute approximate surface area is 110 Å². The lowest BCUT2D eigenvalue weighted by Gasteiger charge is -2.03. The van der Waals surface area contributed by atoms with E-state index in [4.69, 9.17) is 4.74 Å². The Morgan fingerprint density at radius 2 is 2.11 bits per heavy atom. The molecule has 0 aliphatic heterocycles. The van der Waals surface area contributed by atoms with Crippen molar-refractivity contribution in [3.63, 3.8) is 0 Å². The van der Waals surface area contributed by atoms with E-state index in [1.165, 1.54) is 5.57 Å². The van der Waals surface area contributed by atoms with Crippen LogP contribution in [-0.4, -0.2) is 17.1 Å². The van der Waals surface area contributed by atoms with Crippen molar-refractivity contribution in [2.75, 3.05) is 7.11 Å². The molecule has 1 aliphatic rings. The van der Waals surface area contributed by atoms with E-state index in [0.717, 1.165) is 38.8 Å². The van der Waals surface area contributed by atoms with Crippen molar-refractivity contribution in [2.24, 2.45) is 0 Å². The van der Waals surface area contributed by atoms with Gasteiger partial charge >= 0.3 is 0 Å². The van der Waals surface area contributed by atoms with Crippen molar-refractivity contribution >= 4 is 27.1 Å². The second-order valence-electron chi connectivity index (χ2n) is 4.36. The summed E-state index contributed by atoms with van der Waals surface area (Å²) in [6, 6.07) is 0. The highest BCUT2D eigenvalue weighted by Gasteiger charge is 2.16. The van der Waals surface area contributed by atoms with Crippen LogP contribution in [0.15, 0.2) is 18.2 Å². The highest BCUT2D eigenvalue weighted by Crippen LogP contribution is 2.37. The van der Waals surface area contributed by atoms with Crippen LogP contribution >= 0.6 is 11.3 Å². The molecule has 1 aliphatic carbocycles. The van der Waals surface area contributed by atoms with Gasteiger partial charge in [-0.05, 0) is 20.3 Å². The van der Waals surface area contributed by atoms with Gasteiger partial charge in [0.2, 0.25) is 0 Å². The maximum atomic E-state index is 5.37. The molecule has 0 bridgehead atoms. The van der Waals surface area contributed by atoms with E-state index >= 15 is 0 Å². The first-order valence-corrected chi connectivity index (χ1v) is 6.70. The molecular weight excluding hydrogens is 244 g/mol. The number of thiophene rings is 1. The number of nitrogens with zero attached hydrogens (tertiary/aromatic N) is 2. The van der Waals surface area contributed by atoms with Gasteiger partial charge in [-0.2, -0.15) is 0 Å². The van der Waals surface area contributed by atoms with Gasteiger partial charge in [0.05, 0.1) is 12.8 Å². The molecule has 18 heavy (non-hydrogen) atoms. The van der Waals surface area contributed by atoms with Crippen LogP contribution in [0, 0.1) is 13.8 Å². The first-order chi connectivity index (χ1) is 8.70. The first-order valence-electron chi connectivity index (χ1n) is 5.88. The first kappa shape index (κ1) is 11.4. The summed E-state index contributed by atoms with van der Waals surface area (Å²) in [5.41, 5.74) is 3.35. The molecular formula is C14H14N2OS. The molecule has 92 valence electrons. The zero-order valence-electron chi connectivity index (χ0n) is 10.7. The predicted molar refractivity (Wildman–Crippen MR) is 75.2 cm³/mol. The van der Waals surface area contributed by atoms with Gasteiger partial charge in [-0.15, -0.1) is 0 Å². The summed E-state index contributed by atoms with van der Waals surface area (Å²) >= 11 is 1.59. The third-order valence-corrected chi connectivity index (χ3v) is 4.32. The fourth-order valence-electron chi connectivity index (χ4n) is 2.27. The molecule has 2 heterocycles. The van der Waals surface area contributed by atoms with Gasteiger partial charge in [0.25, 0.3) is 0 Å². The van der Waals surface area contributed by atoms with Crippen LogP contribution < -0.4 is 4.74 Å². The zero-order chi connectivity index (χ0) is 12.7. The van der Waals surface area contributed by atoms with Crippen molar-refractivity contribution in [1.29, 1.82) is 0 Å². The number of fused-ring (bicyclic) bond motifs is 1. The largest absolute Gasteiger partial charge is 0.487 e. The molecule has 0 saturated carbocycles. The summed E-state index contributed by atoms with van der Waals surface area (Å²) in [6.07, 6.45) is 7.18. The van der Waals surface area contributed by atoms with Crippen LogP contribution in [0.4, 0.5) is 0 Å². The van der Waals surface area contributed by atoms with Crippen molar-refractivity contribution in [3.05, 3.63) is 35.3 Å². The van der Waals surface area contributed by atoms with Gasteiger partial charge in [0.1, 0.15) is 4.83 Å². The van der Waals surface area contributed by atoms with E-state index in [2.05, 4.69) is 35.1 Å². The van der Waals surface area contributed by atoms with Gasteiger partial charge in [-0.1, -0.05) is 29.6 Å². The number of ether oxygens (including phenoxy) is 1. The average molecular weight is 258 g/mol. The van der Waals surface area contributed by atoms with E-state index in [0.29, 0.717) is 0 Å². The van der Waals surface area contributed by atoms with E-state index < -0.39 is 0 Å². The Balaban J connectivity index is 2.21. The maximum absolute atomic E-state index is 5.37. The number of hydrogen-bond acceptors (Lipinski definition) is 4. The molecule has 0 fully saturated rings. The number of rotatable bonds is 2. The highest BCUT2D eigenvalue weighted by molar-refractivity contribution is 7.20. The molecule has 0 aromatic carbocycles. The van der Waals surface area contributed by atoms with Crippen LogP contribution in [0.25, 0.3) is 15.8 Å². The Morgan fingerprint density at radius 3 is 2.78 bits per heavy atom. The van der Waals surface area contributed by atoms with Gasteiger partial charge in [0, 0.05) is 16.5 Å². The number of aryl methyl sites for hydroxylation is 2. The molecule has 0 spiro atoms. The normalized spacial score (nSPS) is 14.3. The van der Waals surface area contributed by atoms with Crippen molar-refractivity contribution in [2.45, 2.75) is 20.3 Å². The minimum atomic E-state index is 0.842. The lowest BCUT2D eigenvalue weighted by Crippen LogP contribution is -1.95. The summed E-state index contributed by atoms with van der Waals surface area (Å²) in [5, 5.41) is 2.06. The molecule has 0 amide bonds. The molecule has 0 atom stereocenters. The molecule has 2 aromatic rings. The minimum absolute atomic E-state index is 0.842. The highest BCUT2D eigenvalue weighted by atomic mass is 32.1. The molecule has 0 radical (unpaired) electrons. The van der Waals surface area contributed by atoms with Gasteiger partial charge in [0.15, 0.2) is 10.9 Å². The lowest BCUT2D eigenvalue weighted by molar-refractivity contribution is 0.425. The SMILES string of the molecule is COc1sc2nc(C3=CC=CC3)nc(C)c2c1C. The monoisotopic (exact) mass is 258 g/mol. The average Bonchev–Trinajstić information content (AvgIpc) is 2.97. The van der Waals surface area contributed by atoms with Gasteiger partial charge in [-0.25, -0.2) is 9.97 Å². The Bertz CT molecular complexity index is 683. The maximum Gasteiger partial charge on any atom is 0.179 e. The van der Waals surface area contributed by atoms with Crippen LogP contribution in [0.3, 0.4) is 0 Å². The number of hydrogen-bond donors (Lipinski definition) is 0. The Hall–Kier alpha value is -1.68. The molecule has 3 nitrogen and oxygen atoms in total. The Kier molecular flexibility index (Phi) is 2.67. The predicted octanol–water partition coefficient (Wildman–Crippen LogP) is 3.66. The van der Waals surface area contributed by atoms with E-state index in [1.54, 1.807) is 18.4 Å². The zero-order valence-corrected chi connectivity index (χ0v) is 11.5. The summed E-state index contributed by atoms with van der Waals surface area (Å²) in [5.74, 6) is 0.842. The van der Waals surface area contributed by atoms with E-state index in [-0.39, 0.29) is 0 Å². The molecule has 0 unspecified atom stereocenters. The topological polar surface area (TPSA) is 35.0 Å². The number of aromatic nitrogens is 2. The van der Waals surface area contributed by atoms with Crippen LogP contribution in [0.2, 0.25) is 0 Å². The van der Waals surface area contributed by atoms with Crippen molar-refractivity contribution < 1.29 is 4.74 Å². The summed E-state index contributed by atoms with van der Waals surface area (Å²) in [6.45, 7) is 4.10. The van der Waals surface area contributed by atoms with Crippen LogP contribution in [0.5, 0.6) is 5.06 Å². The lowest BCUT2D eigenvalue weighted by atomic mass is 10.2. The standard InChI is InChI=1S/C14H14N2OS/c1-8-11-9(2)15-12(10-6-4-5-7-10)16-13(11)18-14(8)17-3/h4-6H,7H2,1-3H3. The molecule has 2 aromatic heterocycles. The van der Waals surface area contributed by atoms with Crippen molar-refractivity contribution in [3.8, 4) is 5.06 Å². The van der Waals surface area contributed by atoms with Crippen LogP contribution in [0.1, 0.15) is 23.5 Å². The van der Waals surface area contributed by atoms with Crippen molar-refractivity contribution in [1.82, 2.24) is 9.97 Å². The Morgan fingerprint density at radius 1 is 1.28 bits per heavy atom. The van der Waals surface area contributed by atoms with Gasteiger partial charge < -0.3 is 4.74 Å². The fourth-order valence-corrected chi connectivity index (χ4v) is 3.32.